The topological polar surface area (TPSA) is 80.6 Å². The van der Waals surface area contributed by atoms with Gasteiger partial charge >= 0.3 is 0 Å². The van der Waals surface area contributed by atoms with Crippen LogP contribution in [-0.4, -0.2) is 17.9 Å². The van der Waals surface area contributed by atoms with Gasteiger partial charge in [-0.15, -0.1) is 0 Å². The van der Waals surface area contributed by atoms with E-state index in [0.29, 0.717) is 33.3 Å². The van der Waals surface area contributed by atoms with Crippen molar-refractivity contribution in [1.82, 2.24) is 0 Å². The number of fused-ring (bicyclic) bond motifs is 2. The van der Waals surface area contributed by atoms with Crippen molar-refractivity contribution in [1.29, 1.82) is 0 Å². The Bertz CT molecular complexity index is 1060. The Kier molecular flexibility index (Phi) is 3.85. The molecule has 2 heterocycles. The summed E-state index contributed by atoms with van der Waals surface area (Å²) >= 11 is 6.13. The van der Waals surface area contributed by atoms with Crippen LogP contribution in [0, 0.1) is 6.92 Å². The summed E-state index contributed by atoms with van der Waals surface area (Å²) in [6.45, 7) is 3.48. The first-order valence-electron chi connectivity index (χ1n) is 8.04. The first-order chi connectivity index (χ1) is 12.4. The molecule has 26 heavy (non-hydrogen) atoms. The minimum absolute atomic E-state index is 0.194. The summed E-state index contributed by atoms with van der Waals surface area (Å²) in [5, 5.41) is 6.77. The molecule has 0 saturated carbocycles. The van der Waals surface area contributed by atoms with Crippen molar-refractivity contribution in [3.05, 3.63) is 52.7 Å². The van der Waals surface area contributed by atoms with E-state index in [1.807, 2.05) is 12.1 Å². The fourth-order valence-electron chi connectivity index (χ4n) is 2.90. The molecule has 1 aromatic heterocycles. The molecule has 0 bridgehead atoms. The third kappa shape index (κ3) is 2.68. The standard InChI is InChI=1S/C19H15ClN2O4/c1-9-12-4-3-5-13(20)17(12)26-16(9)19(24)21-11-6-7-15-14(8-11)22-18(23)10(2)25-15/h3-8,10H,1-2H3,(H,21,24)(H,22,23)/t10-/m0/s1. The van der Waals surface area contributed by atoms with Gasteiger partial charge in [0.25, 0.3) is 11.8 Å². The van der Waals surface area contributed by atoms with Crippen molar-refractivity contribution in [2.75, 3.05) is 10.6 Å². The fraction of sp³-hybridized carbons (Fsp3) is 0.158. The van der Waals surface area contributed by atoms with Gasteiger partial charge in [-0.1, -0.05) is 23.7 Å². The Morgan fingerprint density at radius 3 is 2.85 bits per heavy atom. The van der Waals surface area contributed by atoms with E-state index in [0.717, 1.165) is 5.39 Å². The second-order valence-electron chi connectivity index (χ2n) is 6.09. The van der Waals surface area contributed by atoms with Gasteiger partial charge in [0.15, 0.2) is 17.4 Å². The SMILES string of the molecule is Cc1c(C(=O)Nc2ccc3c(c2)NC(=O)[C@H](C)O3)oc2c(Cl)cccc12. The number of furan rings is 1. The van der Waals surface area contributed by atoms with Crippen LogP contribution < -0.4 is 15.4 Å². The molecule has 2 aromatic carbocycles. The summed E-state index contributed by atoms with van der Waals surface area (Å²) in [6, 6.07) is 10.4. The number of rotatable bonds is 2. The normalized spacial score (nSPS) is 16.0. The number of hydrogen-bond donors (Lipinski definition) is 2. The summed E-state index contributed by atoms with van der Waals surface area (Å²) in [5.74, 6) is 0.122. The van der Waals surface area contributed by atoms with Gasteiger partial charge in [0.2, 0.25) is 0 Å². The molecule has 0 fully saturated rings. The van der Waals surface area contributed by atoms with Crippen LogP contribution in [0.3, 0.4) is 0 Å². The molecule has 1 aliphatic heterocycles. The van der Waals surface area contributed by atoms with E-state index >= 15 is 0 Å². The number of carbonyl (C=O) groups excluding carboxylic acids is 2. The first kappa shape index (κ1) is 16.5. The largest absolute Gasteiger partial charge is 0.479 e. The van der Waals surface area contributed by atoms with Crippen LogP contribution in [0.15, 0.2) is 40.8 Å². The number of carbonyl (C=O) groups is 2. The molecule has 0 radical (unpaired) electrons. The highest BCUT2D eigenvalue weighted by molar-refractivity contribution is 6.35. The molecule has 6 nitrogen and oxygen atoms in total. The molecule has 3 aromatic rings. The maximum absolute atomic E-state index is 12.6. The number of ether oxygens (including phenoxy) is 1. The van der Waals surface area contributed by atoms with E-state index < -0.39 is 12.0 Å². The Morgan fingerprint density at radius 1 is 1.27 bits per heavy atom. The number of para-hydroxylation sites is 1. The van der Waals surface area contributed by atoms with Crippen LogP contribution in [-0.2, 0) is 4.79 Å². The molecule has 1 atom stereocenters. The second kappa shape index (κ2) is 6.07. The van der Waals surface area contributed by atoms with E-state index in [4.69, 9.17) is 20.8 Å². The second-order valence-corrected chi connectivity index (χ2v) is 6.49. The Hall–Kier alpha value is -2.99. The number of hydrogen-bond acceptors (Lipinski definition) is 4. The van der Waals surface area contributed by atoms with Gasteiger partial charge in [-0.2, -0.15) is 0 Å². The van der Waals surface area contributed by atoms with Gasteiger partial charge in [0, 0.05) is 16.6 Å². The lowest BCUT2D eigenvalue weighted by atomic mass is 10.1. The maximum atomic E-state index is 12.6. The Balaban J connectivity index is 1.63. The molecular formula is C19H15ClN2O4. The third-order valence-corrected chi connectivity index (χ3v) is 4.59. The van der Waals surface area contributed by atoms with Crippen LogP contribution in [0.25, 0.3) is 11.0 Å². The molecule has 0 aliphatic carbocycles. The average Bonchev–Trinajstić information content (AvgIpc) is 2.95. The van der Waals surface area contributed by atoms with Crippen LogP contribution >= 0.6 is 11.6 Å². The Labute approximate surface area is 154 Å². The summed E-state index contributed by atoms with van der Waals surface area (Å²) in [7, 11) is 0. The van der Waals surface area contributed by atoms with Crippen molar-refractivity contribution in [2.45, 2.75) is 20.0 Å². The average molecular weight is 371 g/mol. The predicted molar refractivity (Wildman–Crippen MR) is 99.1 cm³/mol. The molecule has 4 rings (SSSR count). The predicted octanol–water partition coefficient (Wildman–Crippen LogP) is 4.37. The van der Waals surface area contributed by atoms with Gasteiger partial charge in [-0.25, -0.2) is 0 Å². The van der Waals surface area contributed by atoms with E-state index in [9.17, 15) is 9.59 Å². The summed E-state index contributed by atoms with van der Waals surface area (Å²) in [6.07, 6.45) is -0.550. The number of amides is 2. The van der Waals surface area contributed by atoms with Crippen molar-refractivity contribution in [3.8, 4) is 5.75 Å². The molecule has 1 aliphatic rings. The number of benzene rings is 2. The molecule has 132 valence electrons. The molecule has 0 spiro atoms. The highest BCUT2D eigenvalue weighted by Gasteiger charge is 2.24. The van der Waals surface area contributed by atoms with Crippen molar-refractivity contribution < 1.29 is 18.7 Å². The first-order valence-corrected chi connectivity index (χ1v) is 8.42. The van der Waals surface area contributed by atoms with E-state index in [1.54, 1.807) is 38.1 Å². The Morgan fingerprint density at radius 2 is 2.08 bits per heavy atom. The van der Waals surface area contributed by atoms with Gasteiger partial charge < -0.3 is 19.8 Å². The molecule has 2 amide bonds. The smallest absolute Gasteiger partial charge is 0.291 e. The maximum Gasteiger partial charge on any atom is 0.291 e. The molecule has 0 saturated heterocycles. The number of halogens is 1. The molecule has 7 heteroatoms. The van der Waals surface area contributed by atoms with Crippen LogP contribution in [0.1, 0.15) is 23.0 Å². The van der Waals surface area contributed by atoms with E-state index in [-0.39, 0.29) is 11.7 Å². The number of aryl methyl sites for hydroxylation is 1. The fourth-order valence-corrected chi connectivity index (χ4v) is 3.11. The van der Waals surface area contributed by atoms with Crippen molar-refractivity contribution >= 4 is 45.8 Å². The summed E-state index contributed by atoms with van der Waals surface area (Å²) in [4.78, 5) is 24.4. The minimum Gasteiger partial charge on any atom is -0.479 e. The number of nitrogens with one attached hydrogen (secondary N) is 2. The lowest BCUT2D eigenvalue weighted by Gasteiger charge is -2.23. The van der Waals surface area contributed by atoms with Gasteiger partial charge in [0.05, 0.1) is 10.7 Å². The highest BCUT2D eigenvalue weighted by atomic mass is 35.5. The van der Waals surface area contributed by atoms with E-state index in [2.05, 4.69) is 10.6 Å². The zero-order valence-electron chi connectivity index (χ0n) is 14.1. The zero-order valence-corrected chi connectivity index (χ0v) is 14.8. The summed E-state index contributed by atoms with van der Waals surface area (Å²) in [5.41, 5.74) is 2.22. The van der Waals surface area contributed by atoms with Crippen LogP contribution in [0.2, 0.25) is 5.02 Å². The summed E-state index contributed by atoms with van der Waals surface area (Å²) < 4.78 is 11.2. The minimum atomic E-state index is -0.550. The quantitative estimate of drug-likeness (QED) is 0.702. The van der Waals surface area contributed by atoms with Gasteiger partial charge in [-0.3, -0.25) is 9.59 Å². The van der Waals surface area contributed by atoms with Crippen LogP contribution in [0.4, 0.5) is 11.4 Å². The monoisotopic (exact) mass is 370 g/mol. The van der Waals surface area contributed by atoms with Gasteiger partial charge in [0.1, 0.15) is 5.75 Å². The zero-order chi connectivity index (χ0) is 18.4. The van der Waals surface area contributed by atoms with Gasteiger partial charge in [-0.05, 0) is 38.1 Å². The van der Waals surface area contributed by atoms with Crippen molar-refractivity contribution in [3.63, 3.8) is 0 Å². The highest BCUT2D eigenvalue weighted by Crippen LogP contribution is 2.34. The third-order valence-electron chi connectivity index (χ3n) is 4.29. The molecule has 2 N–H and O–H groups in total. The molecule has 0 unspecified atom stereocenters. The molecular weight excluding hydrogens is 356 g/mol. The number of anilines is 2. The van der Waals surface area contributed by atoms with E-state index in [1.165, 1.54) is 0 Å². The van der Waals surface area contributed by atoms with Crippen molar-refractivity contribution in [2.24, 2.45) is 0 Å². The lowest BCUT2D eigenvalue weighted by Crippen LogP contribution is -2.34. The lowest BCUT2D eigenvalue weighted by molar-refractivity contribution is -0.122. The van der Waals surface area contributed by atoms with Crippen LogP contribution in [0.5, 0.6) is 5.75 Å².